The van der Waals surface area contributed by atoms with Crippen molar-refractivity contribution in [2.24, 2.45) is 5.92 Å². The Balaban J connectivity index is 1.40. The molecule has 1 atom stereocenters. The number of nitrogens with zero attached hydrogens (tertiary/aromatic N) is 1. The maximum atomic E-state index is 14.5. The second kappa shape index (κ2) is 9.53. The van der Waals surface area contributed by atoms with Gasteiger partial charge in [-0.15, -0.1) is 0 Å². The van der Waals surface area contributed by atoms with Gasteiger partial charge in [-0.1, -0.05) is 17.7 Å². The van der Waals surface area contributed by atoms with E-state index >= 15 is 0 Å². The van der Waals surface area contributed by atoms with E-state index in [4.69, 9.17) is 16.3 Å². The molecule has 2 aliphatic rings. The highest BCUT2D eigenvalue weighted by Gasteiger charge is 2.30. The molecule has 1 saturated carbocycles. The van der Waals surface area contributed by atoms with Crippen LogP contribution in [0.1, 0.15) is 53.1 Å². The van der Waals surface area contributed by atoms with Crippen LogP contribution < -0.4 is 4.74 Å². The van der Waals surface area contributed by atoms with Crippen molar-refractivity contribution in [2.75, 3.05) is 26.8 Å². The van der Waals surface area contributed by atoms with Gasteiger partial charge in [-0.2, -0.15) is 0 Å². The summed E-state index contributed by atoms with van der Waals surface area (Å²) < 4.78 is 38.5. The average Bonchev–Trinajstić information content (AvgIpc) is 3.59. The lowest BCUT2D eigenvalue weighted by Gasteiger charge is -2.33. The normalized spacial score (nSPS) is 19.3. The molecular weight excluding hydrogens is 424 g/mol. The lowest BCUT2D eigenvalue weighted by Crippen LogP contribution is -2.37. The molecule has 2 aromatic carbocycles. The number of likely N-dealkylation sites (tertiary alicyclic amines) is 1. The van der Waals surface area contributed by atoms with E-state index in [2.05, 4.69) is 9.64 Å². The highest BCUT2D eigenvalue weighted by Crippen LogP contribution is 2.45. The number of methoxy groups -OCH3 is 1. The first-order valence-corrected chi connectivity index (χ1v) is 11.0. The molecule has 0 unspecified atom stereocenters. The zero-order valence-corrected chi connectivity index (χ0v) is 18.3. The standard InChI is InChI=1S/C24H26ClF2NO3/c1-30-24(29)20-10-19(16-4-5-16)23(11-22(20)27)31-14-15-3-2-8-28(12-15)13-17-6-7-18(26)9-21(17)25/h6-7,9-11,15-16H,2-5,8,12-14H2,1H3/t15-/m0/s1. The number of hydrogen-bond donors (Lipinski definition) is 0. The van der Waals surface area contributed by atoms with E-state index in [0.717, 1.165) is 49.9 Å². The Morgan fingerprint density at radius 1 is 1.19 bits per heavy atom. The van der Waals surface area contributed by atoms with Gasteiger partial charge >= 0.3 is 5.97 Å². The topological polar surface area (TPSA) is 38.8 Å². The smallest absolute Gasteiger partial charge is 0.340 e. The molecule has 2 aromatic rings. The summed E-state index contributed by atoms with van der Waals surface area (Å²) in [5.74, 6) is -0.511. The van der Waals surface area contributed by atoms with E-state index in [9.17, 15) is 13.6 Å². The van der Waals surface area contributed by atoms with Crippen molar-refractivity contribution in [2.45, 2.75) is 38.1 Å². The van der Waals surface area contributed by atoms with Crippen LogP contribution in [0.5, 0.6) is 5.75 Å². The van der Waals surface area contributed by atoms with Gasteiger partial charge in [0, 0.05) is 30.1 Å². The zero-order chi connectivity index (χ0) is 22.0. The molecule has 4 nitrogen and oxygen atoms in total. The molecule has 1 heterocycles. The van der Waals surface area contributed by atoms with Gasteiger partial charge in [0.05, 0.1) is 19.3 Å². The first kappa shape index (κ1) is 22.0. The predicted octanol–water partition coefficient (Wildman–Crippen LogP) is 5.57. The van der Waals surface area contributed by atoms with Crippen LogP contribution in [0, 0.1) is 17.6 Å². The van der Waals surface area contributed by atoms with Gasteiger partial charge in [0.15, 0.2) is 0 Å². The molecule has 0 amide bonds. The number of piperidine rings is 1. The van der Waals surface area contributed by atoms with Gasteiger partial charge in [-0.25, -0.2) is 13.6 Å². The van der Waals surface area contributed by atoms with E-state index in [1.165, 1.54) is 25.3 Å². The molecule has 31 heavy (non-hydrogen) atoms. The minimum Gasteiger partial charge on any atom is -0.493 e. The van der Waals surface area contributed by atoms with Crippen molar-refractivity contribution >= 4 is 17.6 Å². The first-order valence-electron chi connectivity index (χ1n) is 10.7. The van der Waals surface area contributed by atoms with E-state index < -0.39 is 11.8 Å². The van der Waals surface area contributed by atoms with Crippen LogP contribution in [0.2, 0.25) is 5.02 Å². The number of rotatable bonds is 7. The second-order valence-corrected chi connectivity index (χ2v) is 8.83. The third kappa shape index (κ3) is 5.36. The van der Waals surface area contributed by atoms with Gasteiger partial charge in [0.2, 0.25) is 0 Å². The van der Waals surface area contributed by atoms with Crippen LogP contribution in [0.4, 0.5) is 8.78 Å². The molecule has 1 saturated heterocycles. The third-order valence-corrected chi connectivity index (χ3v) is 6.36. The zero-order valence-electron chi connectivity index (χ0n) is 17.5. The lowest BCUT2D eigenvalue weighted by atomic mass is 9.98. The Labute approximate surface area is 186 Å². The third-order valence-electron chi connectivity index (χ3n) is 6.01. The molecule has 0 radical (unpaired) electrons. The van der Waals surface area contributed by atoms with Crippen molar-refractivity contribution in [3.8, 4) is 5.75 Å². The molecule has 1 aliphatic heterocycles. The van der Waals surface area contributed by atoms with Gasteiger partial charge < -0.3 is 9.47 Å². The minimum absolute atomic E-state index is 0.0447. The summed E-state index contributed by atoms with van der Waals surface area (Å²) in [6, 6.07) is 7.40. The highest BCUT2D eigenvalue weighted by molar-refractivity contribution is 6.31. The number of carbonyl (C=O) groups excluding carboxylic acids is 1. The Bertz CT molecular complexity index is 964. The van der Waals surface area contributed by atoms with Crippen molar-refractivity contribution in [3.63, 3.8) is 0 Å². The molecular formula is C24H26ClF2NO3. The van der Waals surface area contributed by atoms with E-state index in [1.807, 2.05) is 0 Å². The van der Waals surface area contributed by atoms with Crippen LogP contribution in [0.25, 0.3) is 0 Å². The average molecular weight is 450 g/mol. The summed E-state index contributed by atoms with van der Waals surface area (Å²) >= 11 is 6.18. The van der Waals surface area contributed by atoms with Crippen LogP contribution >= 0.6 is 11.6 Å². The number of hydrogen-bond acceptors (Lipinski definition) is 4. The lowest BCUT2D eigenvalue weighted by molar-refractivity contribution is 0.0595. The van der Waals surface area contributed by atoms with Gasteiger partial charge in [-0.3, -0.25) is 4.90 Å². The van der Waals surface area contributed by atoms with Crippen LogP contribution in [-0.2, 0) is 11.3 Å². The molecule has 0 bridgehead atoms. The number of carbonyl (C=O) groups is 1. The molecule has 0 N–H and O–H groups in total. The summed E-state index contributed by atoms with van der Waals surface area (Å²) in [5.41, 5.74) is 1.74. The summed E-state index contributed by atoms with van der Waals surface area (Å²) in [6.07, 6.45) is 4.07. The predicted molar refractivity (Wildman–Crippen MR) is 115 cm³/mol. The van der Waals surface area contributed by atoms with Crippen LogP contribution in [-0.4, -0.2) is 37.7 Å². The molecule has 1 aliphatic carbocycles. The van der Waals surface area contributed by atoms with Crippen molar-refractivity contribution < 1.29 is 23.0 Å². The van der Waals surface area contributed by atoms with Crippen LogP contribution in [0.15, 0.2) is 30.3 Å². The minimum atomic E-state index is -0.673. The molecule has 7 heteroatoms. The van der Waals surface area contributed by atoms with Crippen molar-refractivity contribution in [1.82, 2.24) is 4.90 Å². The van der Waals surface area contributed by atoms with Gasteiger partial charge in [0.25, 0.3) is 0 Å². The second-order valence-electron chi connectivity index (χ2n) is 8.43. The molecule has 166 valence electrons. The monoisotopic (exact) mass is 449 g/mol. The van der Waals surface area contributed by atoms with Gasteiger partial charge in [-0.05, 0) is 67.5 Å². The van der Waals surface area contributed by atoms with Crippen molar-refractivity contribution in [1.29, 1.82) is 0 Å². The number of ether oxygens (including phenoxy) is 2. The summed E-state index contributed by atoms with van der Waals surface area (Å²) in [6.45, 7) is 2.91. The van der Waals surface area contributed by atoms with Gasteiger partial charge in [0.1, 0.15) is 17.4 Å². The van der Waals surface area contributed by atoms with E-state index in [0.29, 0.717) is 35.8 Å². The molecule has 0 aromatic heterocycles. The fraction of sp³-hybridized carbons (Fsp3) is 0.458. The van der Waals surface area contributed by atoms with E-state index in [1.54, 1.807) is 12.1 Å². The summed E-state index contributed by atoms with van der Waals surface area (Å²) in [7, 11) is 1.25. The molecule has 4 rings (SSSR count). The Kier molecular flexibility index (Phi) is 6.77. The molecule has 2 fully saturated rings. The first-order chi connectivity index (χ1) is 14.9. The fourth-order valence-electron chi connectivity index (χ4n) is 4.21. The van der Waals surface area contributed by atoms with Crippen LogP contribution in [0.3, 0.4) is 0 Å². The maximum Gasteiger partial charge on any atom is 0.340 e. The quantitative estimate of drug-likeness (QED) is 0.518. The highest BCUT2D eigenvalue weighted by atomic mass is 35.5. The van der Waals surface area contributed by atoms with Crippen molar-refractivity contribution in [3.05, 3.63) is 63.7 Å². The fourth-order valence-corrected chi connectivity index (χ4v) is 4.43. The molecule has 0 spiro atoms. The number of benzene rings is 2. The Hall–Kier alpha value is -2.18. The number of halogens is 3. The Morgan fingerprint density at radius 2 is 2.00 bits per heavy atom. The largest absolute Gasteiger partial charge is 0.493 e. The SMILES string of the molecule is COC(=O)c1cc(C2CC2)c(OC[C@H]2CCCN(Cc3ccc(F)cc3Cl)C2)cc1F. The maximum absolute atomic E-state index is 14.5. The summed E-state index contributed by atoms with van der Waals surface area (Å²) in [4.78, 5) is 14.1. The summed E-state index contributed by atoms with van der Waals surface area (Å²) in [5, 5.41) is 0.439. The van der Waals surface area contributed by atoms with E-state index in [-0.39, 0.29) is 11.4 Å². The number of esters is 1. The Morgan fingerprint density at radius 3 is 2.71 bits per heavy atom.